The fourth-order valence-corrected chi connectivity index (χ4v) is 3.69. The summed E-state index contributed by atoms with van der Waals surface area (Å²) in [7, 11) is 0. The number of nitrogens with one attached hydrogen (secondary N) is 2. The standard InChI is InChI=1S/C14H15FN2O2S/c15-10-2-1-3-11-12(10)9(6-16-11)13(18)17-7-14(19)4-5-20-8-14/h1-3,6,16,19H,4-5,7-8H2,(H,17,18). The summed E-state index contributed by atoms with van der Waals surface area (Å²) in [4.78, 5) is 15.0. The number of carbonyl (C=O) groups is 1. The Balaban J connectivity index is 1.79. The van der Waals surface area contributed by atoms with E-state index in [-0.39, 0.29) is 23.4 Å². The molecule has 1 atom stereocenters. The molecule has 2 aromatic rings. The average molecular weight is 294 g/mol. The molecule has 20 heavy (non-hydrogen) atoms. The van der Waals surface area contributed by atoms with E-state index < -0.39 is 11.4 Å². The molecule has 0 radical (unpaired) electrons. The summed E-state index contributed by atoms with van der Waals surface area (Å²) in [5.74, 6) is 0.722. The monoisotopic (exact) mass is 294 g/mol. The molecule has 1 fully saturated rings. The number of aromatic nitrogens is 1. The van der Waals surface area contributed by atoms with Gasteiger partial charge in [-0.15, -0.1) is 0 Å². The highest BCUT2D eigenvalue weighted by molar-refractivity contribution is 7.99. The molecule has 3 rings (SSSR count). The molecule has 0 bridgehead atoms. The first-order valence-electron chi connectivity index (χ1n) is 6.43. The van der Waals surface area contributed by atoms with Crippen LogP contribution < -0.4 is 5.32 Å². The van der Waals surface area contributed by atoms with E-state index in [2.05, 4.69) is 10.3 Å². The molecule has 6 heteroatoms. The number of aromatic amines is 1. The summed E-state index contributed by atoms with van der Waals surface area (Å²) in [6.07, 6.45) is 2.16. The molecule has 1 aliphatic heterocycles. The quantitative estimate of drug-likeness (QED) is 0.810. The number of benzene rings is 1. The van der Waals surface area contributed by atoms with Crippen molar-refractivity contribution in [3.8, 4) is 0 Å². The van der Waals surface area contributed by atoms with Crippen molar-refractivity contribution in [2.45, 2.75) is 12.0 Å². The lowest BCUT2D eigenvalue weighted by Crippen LogP contribution is -2.42. The van der Waals surface area contributed by atoms with Crippen LogP contribution in [0.15, 0.2) is 24.4 Å². The van der Waals surface area contributed by atoms with Gasteiger partial charge in [0.15, 0.2) is 0 Å². The van der Waals surface area contributed by atoms with Crippen molar-refractivity contribution in [1.82, 2.24) is 10.3 Å². The molecule has 4 nitrogen and oxygen atoms in total. The predicted molar refractivity (Wildman–Crippen MR) is 77.5 cm³/mol. The second kappa shape index (κ2) is 5.10. The Kier molecular flexibility index (Phi) is 3.43. The zero-order valence-corrected chi connectivity index (χ0v) is 11.6. The summed E-state index contributed by atoms with van der Waals surface area (Å²) < 4.78 is 13.8. The van der Waals surface area contributed by atoms with E-state index in [0.717, 1.165) is 5.75 Å². The lowest BCUT2D eigenvalue weighted by Gasteiger charge is -2.21. The van der Waals surface area contributed by atoms with Crippen molar-refractivity contribution in [3.63, 3.8) is 0 Å². The Morgan fingerprint density at radius 2 is 2.40 bits per heavy atom. The first kappa shape index (κ1) is 13.5. The van der Waals surface area contributed by atoms with Crippen LogP contribution in [0.5, 0.6) is 0 Å². The van der Waals surface area contributed by atoms with Gasteiger partial charge in [-0.25, -0.2) is 4.39 Å². The van der Waals surface area contributed by atoms with Crippen molar-refractivity contribution in [2.75, 3.05) is 18.1 Å². The van der Waals surface area contributed by atoms with Crippen LogP contribution in [0.1, 0.15) is 16.8 Å². The maximum Gasteiger partial charge on any atom is 0.253 e. The van der Waals surface area contributed by atoms with Crippen LogP contribution in [0.25, 0.3) is 10.9 Å². The minimum Gasteiger partial charge on any atom is -0.387 e. The largest absolute Gasteiger partial charge is 0.387 e. The van der Waals surface area contributed by atoms with Crippen molar-refractivity contribution in [2.24, 2.45) is 0 Å². The number of halogens is 1. The lowest BCUT2D eigenvalue weighted by molar-refractivity contribution is 0.0613. The van der Waals surface area contributed by atoms with Gasteiger partial charge in [0, 0.05) is 29.4 Å². The van der Waals surface area contributed by atoms with E-state index in [1.54, 1.807) is 23.9 Å². The zero-order chi connectivity index (χ0) is 14.2. The summed E-state index contributed by atoms with van der Waals surface area (Å²) in [6.45, 7) is 0.194. The molecule has 0 aliphatic carbocycles. The van der Waals surface area contributed by atoms with Gasteiger partial charge in [-0.05, 0) is 24.3 Å². The molecule has 0 spiro atoms. The number of hydrogen-bond donors (Lipinski definition) is 3. The molecule has 1 amide bonds. The van der Waals surface area contributed by atoms with E-state index >= 15 is 0 Å². The van der Waals surface area contributed by atoms with Gasteiger partial charge in [0.05, 0.1) is 11.2 Å². The third-order valence-electron chi connectivity index (χ3n) is 3.56. The molecule has 106 valence electrons. The Morgan fingerprint density at radius 3 is 3.15 bits per heavy atom. The van der Waals surface area contributed by atoms with Gasteiger partial charge >= 0.3 is 0 Å². The van der Waals surface area contributed by atoms with Gasteiger partial charge in [-0.1, -0.05) is 6.07 Å². The molecule has 3 N–H and O–H groups in total. The Morgan fingerprint density at radius 1 is 1.55 bits per heavy atom. The van der Waals surface area contributed by atoms with Gasteiger partial charge in [0.1, 0.15) is 5.82 Å². The highest BCUT2D eigenvalue weighted by Gasteiger charge is 2.32. The fourth-order valence-electron chi connectivity index (χ4n) is 2.40. The summed E-state index contributed by atoms with van der Waals surface area (Å²) in [5, 5.41) is 13.2. The molecule has 2 heterocycles. The van der Waals surface area contributed by atoms with E-state index in [1.165, 1.54) is 12.3 Å². The van der Waals surface area contributed by atoms with Crippen LogP contribution in [0, 0.1) is 5.82 Å². The van der Waals surface area contributed by atoms with Crippen LogP contribution in [-0.4, -0.2) is 39.6 Å². The van der Waals surface area contributed by atoms with Gasteiger partial charge in [-0.2, -0.15) is 11.8 Å². The molecule has 1 unspecified atom stereocenters. The maximum atomic E-state index is 13.8. The maximum absolute atomic E-state index is 13.8. The molecule has 1 aromatic heterocycles. The molecule has 0 saturated carbocycles. The molecule has 1 saturated heterocycles. The number of hydrogen-bond acceptors (Lipinski definition) is 3. The number of amides is 1. The SMILES string of the molecule is O=C(NCC1(O)CCSC1)c1c[nH]c2cccc(F)c12. The number of rotatable bonds is 3. The van der Waals surface area contributed by atoms with Crippen LogP contribution in [-0.2, 0) is 0 Å². The minimum absolute atomic E-state index is 0.194. The number of fused-ring (bicyclic) bond motifs is 1. The van der Waals surface area contributed by atoms with Gasteiger partial charge in [0.2, 0.25) is 0 Å². The smallest absolute Gasteiger partial charge is 0.253 e. The highest BCUT2D eigenvalue weighted by Crippen LogP contribution is 2.27. The Labute approximate surface area is 119 Å². The first-order valence-corrected chi connectivity index (χ1v) is 7.58. The van der Waals surface area contributed by atoms with Crippen molar-refractivity contribution in [3.05, 3.63) is 35.8 Å². The van der Waals surface area contributed by atoms with Gasteiger partial charge < -0.3 is 15.4 Å². The van der Waals surface area contributed by atoms with E-state index in [1.807, 2.05) is 0 Å². The number of thioether (sulfide) groups is 1. The van der Waals surface area contributed by atoms with E-state index in [4.69, 9.17) is 0 Å². The van der Waals surface area contributed by atoms with Crippen LogP contribution >= 0.6 is 11.8 Å². The predicted octanol–water partition coefficient (Wildman–Crippen LogP) is 1.90. The molecular formula is C14H15FN2O2S. The minimum atomic E-state index is -0.842. The summed E-state index contributed by atoms with van der Waals surface area (Å²) in [6, 6.07) is 4.64. The highest BCUT2D eigenvalue weighted by atomic mass is 32.2. The van der Waals surface area contributed by atoms with E-state index in [9.17, 15) is 14.3 Å². The molecular weight excluding hydrogens is 279 g/mol. The van der Waals surface area contributed by atoms with Crippen LogP contribution in [0.4, 0.5) is 4.39 Å². The summed E-state index contributed by atoms with van der Waals surface area (Å²) in [5.41, 5.74) is 0.0166. The molecule has 1 aromatic carbocycles. The second-order valence-electron chi connectivity index (χ2n) is 5.07. The first-order chi connectivity index (χ1) is 9.59. The third kappa shape index (κ3) is 2.41. The molecule has 1 aliphatic rings. The van der Waals surface area contributed by atoms with Crippen molar-refractivity contribution in [1.29, 1.82) is 0 Å². The lowest BCUT2D eigenvalue weighted by atomic mass is 10.0. The number of H-pyrrole nitrogens is 1. The average Bonchev–Trinajstić information content (AvgIpc) is 3.04. The van der Waals surface area contributed by atoms with Gasteiger partial charge in [-0.3, -0.25) is 4.79 Å². The normalized spacial score (nSPS) is 22.3. The Hall–Kier alpha value is -1.53. The van der Waals surface area contributed by atoms with Crippen LogP contribution in [0.2, 0.25) is 0 Å². The fraction of sp³-hybridized carbons (Fsp3) is 0.357. The van der Waals surface area contributed by atoms with Gasteiger partial charge in [0.25, 0.3) is 5.91 Å². The van der Waals surface area contributed by atoms with Crippen molar-refractivity contribution >= 4 is 28.6 Å². The zero-order valence-electron chi connectivity index (χ0n) is 10.8. The van der Waals surface area contributed by atoms with Crippen LogP contribution in [0.3, 0.4) is 0 Å². The number of aliphatic hydroxyl groups is 1. The summed E-state index contributed by atoms with van der Waals surface area (Å²) >= 11 is 1.67. The van der Waals surface area contributed by atoms with Crippen molar-refractivity contribution < 1.29 is 14.3 Å². The Bertz CT molecular complexity index is 650. The third-order valence-corrected chi connectivity index (χ3v) is 4.79. The topological polar surface area (TPSA) is 65.1 Å². The second-order valence-corrected chi connectivity index (χ2v) is 6.18. The van der Waals surface area contributed by atoms with E-state index in [0.29, 0.717) is 17.7 Å². The number of carbonyl (C=O) groups excluding carboxylic acids is 1.